The predicted molar refractivity (Wildman–Crippen MR) is 85.1 cm³/mol. The second-order valence-electron chi connectivity index (χ2n) is 5.80. The van der Waals surface area contributed by atoms with Crippen molar-refractivity contribution >= 4 is 13.7 Å². The lowest BCUT2D eigenvalue weighted by molar-refractivity contribution is -0.197. The molecule has 21 heavy (non-hydrogen) atoms. The number of benzene rings is 1. The van der Waals surface area contributed by atoms with E-state index in [4.69, 9.17) is 18.3 Å². The van der Waals surface area contributed by atoms with Crippen LogP contribution in [0.3, 0.4) is 0 Å². The Labute approximate surface area is 128 Å². The molecule has 0 spiro atoms. The third-order valence-corrected chi connectivity index (χ3v) is 7.13. The summed E-state index contributed by atoms with van der Waals surface area (Å²) in [6.07, 6.45) is 3.15. The Morgan fingerprint density at radius 2 is 2.00 bits per heavy atom. The molecule has 0 N–H and O–H groups in total. The van der Waals surface area contributed by atoms with E-state index in [1.165, 1.54) is 0 Å². The summed E-state index contributed by atoms with van der Waals surface area (Å²) in [5, 5.41) is 1.09. The van der Waals surface area contributed by atoms with Crippen LogP contribution < -0.4 is 9.92 Å². The van der Waals surface area contributed by atoms with Gasteiger partial charge in [-0.25, -0.2) is 0 Å². The SMILES string of the molecule is CCCCC1(C)OCc2cc([Si](C)(OC)OC)ccc2O1. The Morgan fingerprint density at radius 3 is 2.62 bits per heavy atom. The van der Waals surface area contributed by atoms with Crippen molar-refractivity contribution in [2.24, 2.45) is 0 Å². The molecule has 118 valence electrons. The van der Waals surface area contributed by atoms with Gasteiger partial charge in [-0.2, -0.15) is 0 Å². The molecule has 4 nitrogen and oxygen atoms in total. The fourth-order valence-corrected chi connectivity index (χ4v) is 3.97. The van der Waals surface area contributed by atoms with Crippen LogP contribution in [-0.2, 0) is 20.2 Å². The summed E-state index contributed by atoms with van der Waals surface area (Å²) in [6.45, 7) is 6.79. The van der Waals surface area contributed by atoms with E-state index in [9.17, 15) is 0 Å². The van der Waals surface area contributed by atoms with Gasteiger partial charge in [-0.05, 0) is 30.3 Å². The van der Waals surface area contributed by atoms with Crippen LogP contribution in [0.25, 0.3) is 0 Å². The standard InChI is InChI=1S/C16H26O4Si/c1-6-7-10-16(2)19-12-13-11-14(8-9-15(13)20-16)21(5,17-3)18-4/h8-9,11H,6-7,10,12H2,1-5H3. The minimum absolute atomic E-state index is 0.506. The number of unbranched alkanes of at least 4 members (excludes halogenated alkanes) is 1. The lowest BCUT2D eigenvalue weighted by Crippen LogP contribution is -2.50. The van der Waals surface area contributed by atoms with Crippen LogP contribution >= 0.6 is 0 Å². The average molecular weight is 310 g/mol. The first-order valence-electron chi connectivity index (χ1n) is 7.53. The van der Waals surface area contributed by atoms with Crippen molar-refractivity contribution in [3.05, 3.63) is 23.8 Å². The van der Waals surface area contributed by atoms with Gasteiger partial charge in [-0.1, -0.05) is 19.4 Å². The molecule has 1 aromatic carbocycles. The van der Waals surface area contributed by atoms with Gasteiger partial charge in [0.25, 0.3) is 0 Å². The molecule has 0 aromatic heterocycles. The van der Waals surface area contributed by atoms with E-state index < -0.39 is 14.3 Å². The lowest BCUT2D eigenvalue weighted by Gasteiger charge is -2.36. The van der Waals surface area contributed by atoms with Crippen LogP contribution in [0.4, 0.5) is 0 Å². The lowest BCUT2D eigenvalue weighted by atomic mass is 10.1. The summed E-state index contributed by atoms with van der Waals surface area (Å²) in [5.41, 5.74) is 1.06. The number of ether oxygens (including phenoxy) is 2. The smallest absolute Gasteiger partial charge is 0.368 e. The first kappa shape index (κ1) is 16.5. The van der Waals surface area contributed by atoms with Crippen LogP contribution in [0.2, 0.25) is 6.55 Å². The Balaban J connectivity index is 2.21. The largest absolute Gasteiger partial charge is 0.462 e. The summed E-state index contributed by atoms with van der Waals surface area (Å²) in [5.74, 6) is 0.403. The van der Waals surface area contributed by atoms with Crippen LogP contribution in [0, 0.1) is 0 Å². The second kappa shape index (κ2) is 6.48. The Hall–Kier alpha value is -0.883. The zero-order valence-corrected chi connectivity index (χ0v) is 14.7. The maximum atomic E-state index is 6.07. The fraction of sp³-hybridized carbons (Fsp3) is 0.625. The van der Waals surface area contributed by atoms with E-state index >= 15 is 0 Å². The molecule has 0 amide bonds. The number of hydrogen-bond acceptors (Lipinski definition) is 4. The Kier molecular flexibility index (Phi) is 5.09. The number of rotatable bonds is 6. The molecular formula is C16H26O4Si. The summed E-state index contributed by atoms with van der Waals surface area (Å²) in [6, 6.07) is 6.15. The van der Waals surface area contributed by atoms with Gasteiger partial charge in [0.15, 0.2) is 0 Å². The Bertz CT molecular complexity index is 487. The molecule has 2 rings (SSSR count). The summed E-state index contributed by atoms with van der Waals surface area (Å²) >= 11 is 0. The number of hydrogen-bond donors (Lipinski definition) is 0. The van der Waals surface area contributed by atoms with Crippen molar-refractivity contribution in [3.8, 4) is 5.75 Å². The highest BCUT2D eigenvalue weighted by molar-refractivity contribution is 6.79. The van der Waals surface area contributed by atoms with Crippen molar-refractivity contribution in [2.75, 3.05) is 14.2 Å². The monoisotopic (exact) mass is 310 g/mol. The molecule has 1 heterocycles. The van der Waals surface area contributed by atoms with Crippen LogP contribution in [0.15, 0.2) is 18.2 Å². The van der Waals surface area contributed by atoms with Gasteiger partial charge in [0, 0.05) is 33.1 Å². The molecule has 1 aromatic rings. The average Bonchev–Trinajstić information content (AvgIpc) is 2.51. The van der Waals surface area contributed by atoms with Gasteiger partial charge in [-0.3, -0.25) is 0 Å². The van der Waals surface area contributed by atoms with E-state index in [1.54, 1.807) is 14.2 Å². The molecule has 0 saturated heterocycles. The fourth-order valence-electron chi connectivity index (χ4n) is 2.51. The minimum Gasteiger partial charge on any atom is -0.462 e. The molecule has 0 fully saturated rings. The quantitative estimate of drug-likeness (QED) is 0.757. The van der Waals surface area contributed by atoms with Gasteiger partial charge in [0.2, 0.25) is 5.79 Å². The Morgan fingerprint density at radius 1 is 1.29 bits per heavy atom. The molecule has 1 unspecified atom stereocenters. The maximum absolute atomic E-state index is 6.07. The molecule has 1 aliphatic rings. The van der Waals surface area contributed by atoms with Crippen LogP contribution in [0.1, 0.15) is 38.7 Å². The minimum atomic E-state index is -2.30. The van der Waals surface area contributed by atoms with E-state index in [-0.39, 0.29) is 0 Å². The van der Waals surface area contributed by atoms with Gasteiger partial charge in [0.05, 0.1) is 6.61 Å². The van der Waals surface area contributed by atoms with Gasteiger partial charge >= 0.3 is 8.56 Å². The molecule has 0 radical (unpaired) electrons. The highest BCUT2D eigenvalue weighted by Crippen LogP contribution is 2.33. The first-order valence-corrected chi connectivity index (χ1v) is 9.84. The number of fused-ring (bicyclic) bond motifs is 1. The van der Waals surface area contributed by atoms with Gasteiger partial charge in [0.1, 0.15) is 5.75 Å². The first-order chi connectivity index (χ1) is 9.96. The summed E-state index contributed by atoms with van der Waals surface area (Å²) < 4.78 is 23.2. The second-order valence-corrected chi connectivity index (χ2v) is 9.09. The maximum Gasteiger partial charge on any atom is 0.368 e. The molecule has 0 saturated carbocycles. The third-order valence-electron chi connectivity index (χ3n) is 4.21. The molecule has 5 heteroatoms. The van der Waals surface area contributed by atoms with Crippen LogP contribution in [0.5, 0.6) is 5.75 Å². The molecule has 1 aliphatic heterocycles. The highest BCUT2D eigenvalue weighted by atomic mass is 28.4. The summed E-state index contributed by atoms with van der Waals surface area (Å²) in [4.78, 5) is 0. The third kappa shape index (κ3) is 3.48. The molecule has 0 aliphatic carbocycles. The van der Waals surface area contributed by atoms with Crippen molar-refractivity contribution in [3.63, 3.8) is 0 Å². The zero-order chi connectivity index (χ0) is 15.5. The van der Waals surface area contributed by atoms with E-state index in [0.717, 1.165) is 35.8 Å². The molecular weight excluding hydrogens is 284 g/mol. The van der Waals surface area contributed by atoms with Crippen LogP contribution in [-0.4, -0.2) is 28.6 Å². The zero-order valence-electron chi connectivity index (χ0n) is 13.7. The van der Waals surface area contributed by atoms with Crippen molar-refractivity contribution in [1.82, 2.24) is 0 Å². The van der Waals surface area contributed by atoms with Crippen molar-refractivity contribution in [2.45, 2.75) is 52.1 Å². The predicted octanol–water partition coefficient (Wildman–Crippen LogP) is 3.07. The van der Waals surface area contributed by atoms with E-state index in [1.807, 2.05) is 25.6 Å². The van der Waals surface area contributed by atoms with Crippen molar-refractivity contribution in [1.29, 1.82) is 0 Å². The normalized spacial score (nSPS) is 21.8. The topological polar surface area (TPSA) is 36.9 Å². The van der Waals surface area contributed by atoms with Gasteiger partial charge in [-0.15, -0.1) is 0 Å². The van der Waals surface area contributed by atoms with E-state index in [0.29, 0.717) is 6.61 Å². The highest BCUT2D eigenvalue weighted by Gasteiger charge is 2.35. The van der Waals surface area contributed by atoms with Crippen molar-refractivity contribution < 1.29 is 18.3 Å². The molecule has 0 bridgehead atoms. The summed E-state index contributed by atoms with van der Waals surface area (Å²) in [7, 11) is 1.10. The molecule has 1 atom stereocenters. The van der Waals surface area contributed by atoms with Gasteiger partial charge < -0.3 is 18.3 Å². The van der Waals surface area contributed by atoms with E-state index in [2.05, 4.69) is 13.0 Å².